The molecule has 0 aromatic heterocycles. The Balaban J connectivity index is 1.64. The zero-order valence-corrected chi connectivity index (χ0v) is 17.8. The van der Waals surface area contributed by atoms with Crippen LogP contribution in [0.3, 0.4) is 0 Å². The third-order valence-corrected chi connectivity index (χ3v) is 4.50. The Labute approximate surface area is 186 Å². The molecule has 2 amide bonds. The first-order chi connectivity index (χ1) is 15.0. The molecule has 3 aromatic rings. The van der Waals surface area contributed by atoms with E-state index in [1.165, 1.54) is 0 Å². The van der Waals surface area contributed by atoms with Crippen molar-refractivity contribution in [2.75, 3.05) is 30.5 Å². The van der Waals surface area contributed by atoms with Crippen LogP contribution in [0.1, 0.15) is 27.6 Å². The van der Waals surface area contributed by atoms with Crippen molar-refractivity contribution in [2.45, 2.75) is 6.92 Å². The summed E-state index contributed by atoms with van der Waals surface area (Å²) in [5.41, 5.74) is 1.95. The SMILES string of the molecule is CCOCCOc1cccc(C(=O)Nc2cccc(C(=O)Nc3cccc(Cl)c3)c2)c1. The van der Waals surface area contributed by atoms with Crippen LogP contribution >= 0.6 is 11.6 Å². The van der Waals surface area contributed by atoms with Gasteiger partial charge in [-0.1, -0.05) is 29.8 Å². The molecular formula is C24H23ClN2O4. The van der Waals surface area contributed by atoms with Gasteiger partial charge >= 0.3 is 0 Å². The minimum absolute atomic E-state index is 0.303. The van der Waals surface area contributed by atoms with Crippen molar-refractivity contribution in [1.82, 2.24) is 0 Å². The highest BCUT2D eigenvalue weighted by atomic mass is 35.5. The van der Waals surface area contributed by atoms with E-state index in [1.54, 1.807) is 72.8 Å². The summed E-state index contributed by atoms with van der Waals surface area (Å²) in [4.78, 5) is 25.2. The minimum atomic E-state index is -0.303. The van der Waals surface area contributed by atoms with Crippen LogP contribution in [0.15, 0.2) is 72.8 Å². The summed E-state index contributed by atoms with van der Waals surface area (Å²) in [6, 6.07) is 20.5. The van der Waals surface area contributed by atoms with Gasteiger partial charge in [-0.3, -0.25) is 9.59 Å². The quantitative estimate of drug-likeness (QED) is 0.447. The Kier molecular flexibility index (Phi) is 8.04. The van der Waals surface area contributed by atoms with Gasteiger partial charge in [0.1, 0.15) is 12.4 Å². The standard InChI is InChI=1S/C24H23ClN2O4/c1-2-30-12-13-31-22-11-4-7-18(15-22)24(29)26-20-9-3-6-17(14-20)23(28)27-21-10-5-8-19(25)16-21/h3-11,14-16H,2,12-13H2,1H3,(H,26,29)(H,27,28). The van der Waals surface area contributed by atoms with Crippen LogP contribution in [-0.2, 0) is 4.74 Å². The summed E-state index contributed by atoms with van der Waals surface area (Å²) in [7, 11) is 0. The van der Waals surface area contributed by atoms with Crippen molar-refractivity contribution in [1.29, 1.82) is 0 Å². The molecule has 0 heterocycles. The molecule has 0 unspecified atom stereocenters. The molecule has 7 heteroatoms. The molecule has 0 spiro atoms. The van der Waals surface area contributed by atoms with E-state index in [1.807, 2.05) is 6.92 Å². The van der Waals surface area contributed by atoms with Gasteiger partial charge in [-0.15, -0.1) is 0 Å². The molecule has 0 aliphatic carbocycles. The highest BCUT2D eigenvalue weighted by molar-refractivity contribution is 6.31. The van der Waals surface area contributed by atoms with Gasteiger partial charge in [0.15, 0.2) is 0 Å². The average molecular weight is 439 g/mol. The molecule has 31 heavy (non-hydrogen) atoms. The van der Waals surface area contributed by atoms with Crippen molar-refractivity contribution >= 4 is 34.8 Å². The fraction of sp³-hybridized carbons (Fsp3) is 0.167. The second-order valence-electron chi connectivity index (χ2n) is 6.57. The summed E-state index contributed by atoms with van der Waals surface area (Å²) in [5.74, 6) is -0.0206. The molecular weight excluding hydrogens is 416 g/mol. The largest absolute Gasteiger partial charge is 0.491 e. The number of halogens is 1. The van der Waals surface area contributed by atoms with E-state index >= 15 is 0 Å². The van der Waals surface area contributed by atoms with Crippen LogP contribution < -0.4 is 15.4 Å². The molecule has 3 rings (SSSR count). The predicted octanol–water partition coefficient (Wildman–Crippen LogP) is 5.26. The Morgan fingerprint density at radius 2 is 1.42 bits per heavy atom. The Morgan fingerprint density at radius 1 is 0.806 bits per heavy atom. The third kappa shape index (κ3) is 6.84. The summed E-state index contributed by atoms with van der Waals surface area (Å²) >= 11 is 5.95. The highest BCUT2D eigenvalue weighted by Gasteiger charge is 2.11. The number of carbonyl (C=O) groups excluding carboxylic acids is 2. The first kappa shape index (κ1) is 22.3. The lowest BCUT2D eigenvalue weighted by atomic mass is 10.1. The number of nitrogens with one attached hydrogen (secondary N) is 2. The van der Waals surface area contributed by atoms with Gasteiger partial charge in [0.2, 0.25) is 0 Å². The number of amides is 2. The lowest BCUT2D eigenvalue weighted by molar-refractivity contribution is 0.101. The minimum Gasteiger partial charge on any atom is -0.491 e. The molecule has 160 valence electrons. The van der Waals surface area contributed by atoms with E-state index in [4.69, 9.17) is 21.1 Å². The third-order valence-electron chi connectivity index (χ3n) is 4.26. The summed E-state index contributed by atoms with van der Waals surface area (Å²) in [5, 5.41) is 6.12. The number of anilines is 2. The smallest absolute Gasteiger partial charge is 0.255 e. The maximum absolute atomic E-state index is 12.6. The topological polar surface area (TPSA) is 76.7 Å². The van der Waals surface area contributed by atoms with Gasteiger partial charge in [-0.05, 0) is 61.5 Å². The van der Waals surface area contributed by atoms with Crippen molar-refractivity contribution in [2.24, 2.45) is 0 Å². The fourth-order valence-corrected chi connectivity index (χ4v) is 2.99. The molecule has 0 radical (unpaired) electrons. The molecule has 6 nitrogen and oxygen atoms in total. The van der Waals surface area contributed by atoms with Gasteiger partial charge < -0.3 is 20.1 Å². The second-order valence-corrected chi connectivity index (χ2v) is 7.01. The highest BCUT2D eigenvalue weighted by Crippen LogP contribution is 2.19. The number of ether oxygens (including phenoxy) is 2. The van der Waals surface area contributed by atoms with E-state index in [2.05, 4.69) is 10.6 Å². The number of rotatable bonds is 9. The number of carbonyl (C=O) groups is 2. The van der Waals surface area contributed by atoms with Crippen molar-refractivity contribution in [3.05, 3.63) is 88.9 Å². The Hall–Kier alpha value is -3.35. The van der Waals surface area contributed by atoms with E-state index in [-0.39, 0.29) is 11.8 Å². The number of hydrogen-bond donors (Lipinski definition) is 2. The number of hydrogen-bond acceptors (Lipinski definition) is 4. The molecule has 0 aliphatic heterocycles. The van der Waals surface area contributed by atoms with Gasteiger partial charge in [0.05, 0.1) is 6.61 Å². The van der Waals surface area contributed by atoms with Gasteiger partial charge in [0, 0.05) is 34.1 Å². The molecule has 2 N–H and O–H groups in total. The van der Waals surface area contributed by atoms with Gasteiger partial charge in [-0.25, -0.2) is 0 Å². The zero-order chi connectivity index (χ0) is 22.1. The van der Waals surface area contributed by atoms with Crippen molar-refractivity contribution in [3.63, 3.8) is 0 Å². The lowest BCUT2D eigenvalue weighted by Crippen LogP contribution is -2.15. The van der Waals surface area contributed by atoms with Crippen LogP contribution in [-0.4, -0.2) is 31.6 Å². The average Bonchev–Trinajstić information content (AvgIpc) is 2.77. The summed E-state index contributed by atoms with van der Waals surface area (Å²) < 4.78 is 10.8. The maximum Gasteiger partial charge on any atom is 0.255 e. The first-order valence-corrected chi connectivity index (χ1v) is 10.2. The zero-order valence-electron chi connectivity index (χ0n) is 17.1. The molecule has 3 aromatic carbocycles. The molecule has 0 aliphatic rings. The Morgan fingerprint density at radius 3 is 2.10 bits per heavy atom. The molecule has 0 bridgehead atoms. The van der Waals surface area contributed by atoms with E-state index in [9.17, 15) is 9.59 Å². The normalized spacial score (nSPS) is 10.4. The van der Waals surface area contributed by atoms with Crippen LogP contribution in [0.4, 0.5) is 11.4 Å². The fourth-order valence-electron chi connectivity index (χ4n) is 2.80. The van der Waals surface area contributed by atoms with E-state index < -0.39 is 0 Å². The summed E-state index contributed by atoms with van der Waals surface area (Å²) in [6.07, 6.45) is 0. The summed E-state index contributed by atoms with van der Waals surface area (Å²) in [6.45, 7) is 3.43. The Bertz CT molecular complexity index is 1060. The van der Waals surface area contributed by atoms with Crippen LogP contribution in [0, 0.1) is 0 Å². The van der Waals surface area contributed by atoms with Gasteiger partial charge in [0.25, 0.3) is 11.8 Å². The van der Waals surface area contributed by atoms with Crippen LogP contribution in [0.2, 0.25) is 5.02 Å². The number of benzene rings is 3. The van der Waals surface area contributed by atoms with Crippen molar-refractivity contribution < 1.29 is 19.1 Å². The lowest BCUT2D eigenvalue weighted by Gasteiger charge is -2.10. The van der Waals surface area contributed by atoms with E-state index in [0.29, 0.717) is 53.1 Å². The monoisotopic (exact) mass is 438 g/mol. The molecule has 0 atom stereocenters. The van der Waals surface area contributed by atoms with Crippen LogP contribution in [0.25, 0.3) is 0 Å². The van der Waals surface area contributed by atoms with Crippen molar-refractivity contribution in [3.8, 4) is 5.75 Å². The maximum atomic E-state index is 12.6. The van der Waals surface area contributed by atoms with Crippen LogP contribution in [0.5, 0.6) is 5.75 Å². The van der Waals surface area contributed by atoms with Gasteiger partial charge in [-0.2, -0.15) is 0 Å². The van der Waals surface area contributed by atoms with E-state index in [0.717, 1.165) is 0 Å². The molecule has 0 fully saturated rings. The molecule has 0 saturated carbocycles. The predicted molar refractivity (Wildman–Crippen MR) is 122 cm³/mol. The first-order valence-electron chi connectivity index (χ1n) is 9.84. The second kappa shape index (κ2) is 11.2. The molecule has 0 saturated heterocycles.